The molecule has 0 aliphatic rings. The molecule has 0 bridgehead atoms. The zero-order valence-corrected chi connectivity index (χ0v) is 13.1. The van der Waals surface area contributed by atoms with E-state index in [1.165, 1.54) is 0 Å². The summed E-state index contributed by atoms with van der Waals surface area (Å²) in [5.41, 5.74) is 7.64. The maximum atomic E-state index is 12.1. The van der Waals surface area contributed by atoms with E-state index in [1.807, 2.05) is 13.0 Å². The van der Waals surface area contributed by atoms with Gasteiger partial charge in [0.1, 0.15) is 11.6 Å². The Morgan fingerprint density at radius 1 is 1.43 bits per heavy atom. The van der Waals surface area contributed by atoms with Crippen molar-refractivity contribution < 1.29 is 9.90 Å². The van der Waals surface area contributed by atoms with Crippen molar-refractivity contribution in [3.63, 3.8) is 0 Å². The predicted octanol–water partition coefficient (Wildman–Crippen LogP) is 2.37. The molecule has 2 rings (SSSR count). The van der Waals surface area contributed by atoms with Gasteiger partial charge in [-0.3, -0.25) is 4.79 Å². The van der Waals surface area contributed by atoms with Gasteiger partial charge in [-0.1, -0.05) is 12.1 Å². The van der Waals surface area contributed by atoms with E-state index in [9.17, 15) is 9.90 Å². The molecule has 1 heterocycles. The number of hydrogen-bond donors (Lipinski definition) is 3. The van der Waals surface area contributed by atoms with E-state index in [4.69, 9.17) is 5.73 Å². The minimum absolute atomic E-state index is 0.187. The van der Waals surface area contributed by atoms with Gasteiger partial charge in [-0.25, -0.2) is 4.98 Å². The third-order valence-electron chi connectivity index (χ3n) is 3.02. The van der Waals surface area contributed by atoms with Crippen LogP contribution in [-0.4, -0.2) is 22.0 Å². The van der Waals surface area contributed by atoms with Crippen molar-refractivity contribution >= 4 is 27.7 Å². The number of pyridine rings is 1. The summed E-state index contributed by atoms with van der Waals surface area (Å²) in [5.74, 6) is 0.400. The Balaban J connectivity index is 2.00. The summed E-state index contributed by atoms with van der Waals surface area (Å²) in [6.45, 7) is 1.86. The molecule has 1 aromatic heterocycles. The molecule has 0 saturated heterocycles. The number of carbonyl (C=O) groups excluding carboxylic acids is 1. The van der Waals surface area contributed by atoms with E-state index < -0.39 is 6.04 Å². The average molecular weight is 350 g/mol. The summed E-state index contributed by atoms with van der Waals surface area (Å²) in [5, 5.41) is 11.9. The number of anilines is 1. The number of aromatic hydroxyl groups is 1. The molecule has 1 atom stereocenters. The number of aromatic nitrogens is 1. The molecule has 0 radical (unpaired) electrons. The third-order valence-corrected chi connectivity index (χ3v) is 3.45. The van der Waals surface area contributed by atoms with Crippen molar-refractivity contribution in [2.75, 3.05) is 5.32 Å². The lowest BCUT2D eigenvalue weighted by Crippen LogP contribution is -2.37. The van der Waals surface area contributed by atoms with Crippen molar-refractivity contribution in [2.24, 2.45) is 5.73 Å². The van der Waals surface area contributed by atoms with Crippen molar-refractivity contribution in [2.45, 2.75) is 19.4 Å². The number of nitrogens with one attached hydrogen (secondary N) is 1. The molecule has 4 N–H and O–H groups in total. The average Bonchev–Trinajstić information content (AvgIpc) is 2.44. The normalized spacial score (nSPS) is 12.0. The topological polar surface area (TPSA) is 88.2 Å². The van der Waals surface area contributed by atoms with E-state index in [1.54, 1.807) is 30.5 Å². The molecule has 0 fully saturated rings. The van der Waals surface area contributed by atoms with Crippen molar-refractivity contribution in [3.8, 4) is 5.75 Å². The van der Waals surface area contributed by atoms with Gasteiger partial charge in [0.05, 0.1) is 6.04 Å². The molecule has 0 aliphatic carbocycles. The molecule has 21 heavy (non-hydrogen) atoms. The minimum atomic E-state index is -0.681. The number of amides is 1. The summed E-state index contributed by atoms with van der Waals surface area (Å²) < 4.78 is 0.853. The minimum Gasteiger partial charge on any atom is -0.508 e. The van der Waals surface area contributed by atoms with Crippen LogP contribution in [0.25, 0.3) is 0 Å². The molecule has 1 amide bonds. The number of phenolic OH excluding ortho intramolecular Hbond substituents is 1. The van der Waals surface area contributed by atoms with Crippen LogP contribution in [0, 0.1) is 6.92 Å². The van der Waals surface area contributed by atoms with Crippen molar-refractivity contribution in [3.05, 3.63) is 52.1 Å². The molecule has 0 aliphatic heterocycles. The van der Waals surface area contributed by atoms with Gasteiger partial charge >= 0.3 is 0 Å². The molecule has 0 saturated carbocycles. The Bertz CT molecular complexity index is 644. The highest BCUT2D eigenvalue weighted by Gasteiger charge is 2.15. The standard InChI is InChI=1S/C15H16BrN3O2/c1-9-6-11(16)8-18-14(9)19-15(21)13(17)7-10-2-4-12(20)5-3-10/h2-6,8,13,20H,7,17H2,1H3,(H,18,19,21)/t13-/m1/s1. The molecule has 6 heteroatoms. The Labute approximate surface area is 131 Å². The van der Waals surface area contributed by atoms with E-state index in [0.717, 1.165) is 15.6 Å². The summed E-state index contributed by atoms with van der Waals surface area (Å²) >= 11 is 3.32. The first-order chi connectivity index (χ1) is 9.95. The van der Waals surface area contributed by atoms with Gasteiger partial charge in [-0.05, 0) is 58.6 Å². The maximum absolute atomic E-state index is 12.1. The molecule has 1 aromatic carbocycles. The highest BCUT2D eigenvalue weighted by Crippen LogP contribution is 2.17. The van der Waals surface area contributed by atoms with Crippen LogP contribution in [0.15, 0.2) is 41.0 Å². The van der Waals surface area contributed by atoms with Gasteiger partial charge in [0, 0.05) is 10.7 Å². The largest absolute Gasteiger partial charge is 0.508 e. The zero-order valence-electron chi connectivity index (χ0n) is 11.5. The summed E-state index contributed by atoms with van der Waals surface area (Å²) in [6, 6.07) is 7.81. The fourth-order valence-electron chi connectivity index (χ4n) is 1.86. The second-order valence-electron chi connectivity index (χ2n) is 4.79. The molecular weight excluding hydrogens is 334 g/mol. The molecule has 2 aromatic rings. The summed E-state index contributed by atoms with van der Waals surface area (Å²) in [4.78, 5) is 16.2. The summed E-state index contributed by atoms with van der Waals surface area (Å²) in [7, 11) is 0. The quantitative estimate of drug-likeness (QED) is 0.790. The first-order valence-electron chi connectivity index (χ1n) is 6.42. The number of hydrogen-bond acceptors (Lipinski definition) is 4. The fourth-order valence-corrected chi connectivity index (χ4v) is 2.31. The highest BCUT2D eigenvalue weighted by molar-refractivity contribution is 9.10. The van der Waals surface area contributed by atoms with Crippen LogP contribution in [0.3, 0.4) is 0 Å². The monoisotopic (exact) mass is 349 g/mol. The highest BCUT2D eigenvalue weighted by atomic mass is 79.9. The zero-order chi connectivity index (χ0) is 15.4. The lowest BCUT2D eigenvalue weighted by Gasteiger charge is -2.13. The van der Waals surface area contributed by atoms with E-state index in [2.05, 4.69) is 26.2 Å². The third kappa shape index (κ3) is 4.27. The lowest BCUT2D eigenvalue weighted by molar-refractivity contribution is -0.117. The number of phenols is 1. The van der Waals surface area contributed by atoms with Crippen LogP contribution >= 0.6 is 15.9 Å². The molecule has 0 unspecified atom stereocenters. The van der Waals surface area contributed by atoms with Crippen LogP contribution in [0.5, 0.6) is 5.75 Å². The first kappa shape index (κ1) is 15.5. The van der Waals surface area contributed by atoms with Crippen LogP contribution in [0.4, 0.5) is 5.82 Å². The maximum Gasteiger partial charge on any atom is 0.242 e. The number of rotatable bonds is 4. The Morgan fingerprint density at radius 2 is 2.10 bits per heavy atom. The first-order valence-corrected chi connectivity index (χ1v) is 7.21. The van der Waals surface area contributed by atoms with Gasteiger partial charge in [0.15, 0.2) is 0 Å². The Morgan fingerprint density at radius 3 is 2.71 bits per heavy atom. The second kappa shape index (κ2) is 6.69. The molecule has 0 spiro atoms. The lowest BCUT2D eigenvalue weighted by atomic mass is 10.1. The number of nitrogens with zero attached hydrogens (tertiary/aromatic N) is 1. The van der Waals surface area contributed by atoms with Gasteiger partial charge in [-0.2, -0.15) is 0 Å². The number of carbonyl (C=O) groups is 1. The number of benzene rings is 1. The number of nitrogens with two attached hydrogens (primary N) is 1. The number of aryl methyl sites for hydroxylation is 1. The molecule has 110 valence electrons. The Hall–Kier alpha value is -1.92. The van der Waals surface area contributed by atoms with Crippen LogP contribution < -0.4 is 11.1 Å². The number of halogens is 1. The van der Waals surface area contributed by atoms with Gasteiger partial charge < -0.3 is 16.2 Å². The van der Waals surface area contributed by atoms with Gasteiger partial charge in [-0.15, -0.1) is 0 Å². The van der Waals surface area contributed by atoms with E-state index >= 15 is 0 Å². The van der Waals surface area contributed by atoms with E-state index in [0.29, 0.717) is 12.2 Å². The van der Waals surface area contributed by atoms with Gasteiger partial charge in [0.2, 0.25) is 5.91 Å². The predicted molar refractivity (Wildman–Crippen MR) is 85.1 cm³/mol. The fraction of sp³-hybridized carbons (Fsp3) is 0.200. The van der Waals surface area contributed by atoms with Crippen LogP contribution in [0.1, 0.15) is 11.1 Å². The molecule has 5 nitrogen and oxygen atoms in total. The molecular formula is C15H16BrN3O2. The van der Waals surface area contributed by atoms with E-state index in [-0.39, 0.29) is 11.7 Å². The Kier molecular flexibility index (Phi) is 4.93. The SMILES string of the molecule is Cc1cc(Br)cnc1NC(=O)[C@H](N)Cc1ccc(O)cc1. The van der Waals surface area contributed by atoms with Crippen LogP contribution in [0.2, 0.25) is 0 Å². The van der Waals surface area contributed by atoms with Crippen LogP contribution in [-0.2, 0) is 11.2 Å². The summed E-state index contributed by atoms with van der Waals surface area (Å²) in [6.07, 6.45) is 2.01. The second-order valence-corrected chi connectivity index (χ2v) is 5.70. The van der Waals surface area contributed by atoms with Crippen molar-refractivity contribution in [1.29, 1.82) is 0 Å². The smallest absolute Gasteiger partial charge is 0.242 e. The van der Waals surface area contributed by atoms with Crippen molar-refractivity contribution in [1.82, 2.24) is 4.98 Å². The van der Waals surface area contributed by atoms with Gasteiger partial charge in [0.25, 0.3) is 0 Å².